The highest BCUT2D eigenvalue weighted by Gasteiger charge is 2.21. The first-order valence-electron chi connectivity index (χ1n) is 5.77. The maximum atomic E-state index is 11.7. The van der Waals surface area contributed by atoms with Crippen LogP contribution in [0.4, 0.5) is 0 Å². The van der Waals surface area contributed by atoms with Crippen molar-refractivity contribution in [1.82, 2.24) is 10.3 Å². The van der Waals surface area contributed by atoms with Crippen molar-refractivity contribution in [2.75, 3.05) is 0 Å². The van der Waals surface area contributed by atoms with Gasteiger partial charge in [-0.05, 0) is 6.42 Å². The monoisotopic (exact) mass is 252 g/mol. The lowest BCUT2D eigenvalue weighted by molar-refractivity contribution is -0.139. The third-order valence-electron chi connectivity index (χ3n) is 2.52. The van der Waals surface area contributed by atoms with E-state index in [0.29, 0.717) is 12.8 Å². The zero-order chi connectivity index (χ0) is 13.5. The third kappa shape index (κ3) is 3.73. The number of amides is 1. The smallest absolute Gasteiger partial charge is 0.326 e. The minimum absolute atomic E-state index is 0.0831. The van der Waals surface area contributed by atoms with Crippen LogP contribution >= 0.6 is 0 Å². The van der Waals surface area contributed by atoms with Crippen LogP contribution in [0.3, 0.4) is 0 Å². The molecule has 0 saturated heterocycles. The van der Waals surface area contributed by atoms with Crippen LogP contribution in [0.5, 0.6) is 0 Å². The van der Waals surface area contributed by atoms with E-state index in [4.69, 9.17) is 5.11 Å². The Morgan fingerprint density at radius 2 is 2.22 bits per heavy atom. The van der Waals surface area contributed by atoms with Gasteiger partial charge in [-0.25, -0.2) is 4.79 Å². The zero-order valence-corrected chi connectivity index (χ0v) is 10.1. The number of carbonyl (C=O) groups excluding carboxylic acids is 1. The van der Waals surface area contributed by atoms with E-state index in [0.717, 1.165) is 6.42 Å². The number of aromatic amines is 1. The average Bonchev–Trinajstić information content (AvgIpc) is 2.34. The van der Waals surface area contributed by atoms with Crippen molar-refractivity contribution < 1.29 is 14.7 Å². The number of pyridine rings is 1. The molecule has 1 rings (SSSR count). The molecular weight excluding hydrogens is 236 g/mol. The van der Waals surface area contributed by atoms with Crippen LogP contribution in [0.2, 0.25) is 0 Å². The van der Waals surface area contributed by atoms with Crippen molar-refractivity contribution in [3.05, 3.63) is 34.2 Å². The molecule has 0 fully saturated rings. The summed E-state index contributed by atoms with van der Waals surface area (Å²) in [6.45, 7) is 1.93. The van der Waals surface area contributed by atoms with Gasteiger partial charge in [-0.15, -0.1) is 0 Å². The second-order valence-electron chi connectivity index (χ2n) is 3.93. The lowest BCUT2D eigenvalue weighted by atomic mass is 10.1. The van der Waals surface area contributed by atoms with E-state index in [2.05, 4.69) is 10.3 Å². The van der Waals surface area contributed by atoms with Crippen molar-refractivity contribution in [3.8, 4) is 0 Å². The van der Waals surface area contributed by atoms with E-state index in [1.807, 2.05) is 6.92 Å². The summed E-state index contributed by atoms with van der Waals surface area (Å²) in [5.41, 5.74) is -0.522. The Balaban J connectivity index is 2.76. The van der Waals surface area contributed by atoms with Crippen molar-refractivity contribution in [3.63, 3.8) is 0 Å². The van der Waals surface area contributed by atoms with E-state index in [-0.39, 0.29) is 5.56 Å². The molecule has 0 aliphatic carbocycles. The molecule has 98 valence electrons. The van der Waals surface area contributed by atoms with E-state index in [1.54, 1.807) is 0 Å². The Hall–Kier alpha value is -2.11. The summed E-state index contributed by atoms with van der Waals surface area (Å²) < 4.78 is 0. The van der Waals surface area contributed by atoms with Gasteiger partial charge >= 0.3 is 5.97 Å². The van der Waals surface area contributed by atoms with Crippen molar-refractivity contribution in [2.24, 2.45) is 0 Å². The first kappa shape index (κ1) is 14.0. The number of aliphatic carboxylic acids is 1. The van der Waals surface area contributed by atoms with Gasteiger partial charge in [-0.2, -0.15) is 0 Å². The van der Waals surface area contributed by atoms with Gasteiger partial charge in [-0.3, -0.25) is 9.59 Å². The molecule has 0 aliphatic heterocycles. The minimum atomic E-state index is -1.09. The van der Waals surface area contributed by atoms with Crippen LogP contribution in [-0.2, 0) is 4.79 Å². The number of H-pyrrole nitrogens is 1. The van der Waals surface area contributed by atoms with E-state index < -0.39 is 23.3 Å². The number of unbranched alkanes of at least 4 members (excludes halogenated alkanes) is 1. The third-order valence-corrected chi connectivity index (χ3v) is 2.52. The number of carboxylic acids is 1. The average molecular weight is 252 g/mol. The normalized spacial score (nSPS) is 11.8. The maximum absolute atomic E-state index is 11.7. The SMILES string of the molecule is CCCC[C@H](NC(=O)c1c[nH]ccc1=O)C(=O)O. The molecule has 1 atom stereocenters. The van der Waals surface area contributed by atoms with Gasteiger partial charge in [0.05, 0.1) is 0 Å². The standard InChI is InChI=1S/C12H16N2O4/c1-2-3-4-9(12(17)18)14-11(16)8-7-13-6-5-10(8)15/h5-7,9H,2-4H2,1H3,(H,13,15)(H,14,16)(H,17,18)/t9-/m0/s1. The molecular formula is C12H16N2O4. The fourth-order valence-electron chi connectivity index (χ4n) is 1.50. The molecule has 0 bridgehead atoms. The molecule has 6 heteroatoms. The molecule has 0 radical (unpaired) electrons. The van der Waals surface area contributed by atoms with E-state index in [9.17, 15) is 14.4 Å². The van der Waals surface area contributed by atoms with Crippen LogP contribution in [-0.4, -0.2) is 28.0 Å². The summed E-state index contributed by atoms with van der Waals surface area (Å²) in [6, 6.07) is 0.258. The Kier molecular flexibility index (Phi) is 5.10. The predicted octanol–water partition coefficient (Wildman–Crippen LogP) is 0.748. The molecule has 0 spiro atoms. The first-order valence-corrected chi connectivity index (χ1v) is 5.77. The molecule has 0 unspecified atom stereocenters. The summed E-state index contributed by atoms with van der Waals surface area (Å²) >= 11 is 0. The number of carbonyl (C=O) groups is 2. The maximum Gasteiger partial charge on any atom is 0.326 e. The van der Waals surface area contributed by atoms with Gasteiger partial charge in [-0.1, -0.05) is 19.8 Å². The van der Waals surface area contributed by atoms with Crippen LogP contribution < -0.4 is 10.7 Å². The number of rotatable bonds is 6. The highest BCUT2D eigenvalue weighted by atomic mass is 16.4. The van der Waals surface area contributed by atoms with Gasteiger partial charge in [0.1, 0.15) is 11.6 Å². The topological polar surface area (TPSA) is 99.3 Å². The molecule has 1 amide bonds. The number of hydrogen-bond donors (Lipinski definition) is 3. The van der Waals surface area contributed by atoms with Crippen LogP contribution in [0, 0.1) is 0 Å². The molecule has 3 N–H and O–H groups in total. The Morgan fingerprint density at radius 1 is 1.50 bits per heavy atom. The van der Waals surface area contributed by atoms with Crippen LogP contribution in [0.15, 0.2) is 23.3 Å². The second kappa shape index (κ2) is 6.58. The molecule has 1 heterocycles. The Bertz CT molecular complexity index is 481. The minimum Gasteiger partial charge on any atom is -0.480 e. The van der Waals surface area contributed by atoms with E-state index >= 15 is 0 Å². The first-order chi connectivity index (χ1) is 8.56. The lowest BCUT2D eigenvalue weighted by Gasteiger charge is -2.13. The van der Waals surface area contributed by atoms with E-state index in [1.165, 1.54) is 18.5 Å². The van der Waals surface area contributed by atoms with Gasteiger partial charge in [0.2, 0.25) is 0 Å². The molecule has 1 aromatic heterocycles. The second-order valence-corrected chi connectivity index (χ2v) is 3.93. The predicted molar refractivity (Wildman–Crippen MR) is 65.5 cm³/mol. The summed E-state index contributed by atoms with van der Waals surface area (Å²) in [5, 5.41) is 11.3. The Morgan fingerprint density at radius 3 is 2.78 bits per heavy atom. The number of aromatic nitrogens is 1. The highest BCUT2D eigenvalue weighted by molar-refractivity contribution is 5.96. The summed E-state index contributed by atoms with van der Waals surface area (Å²) in [5.74, 6) is -1.76. The molecule has 0 aromatic carbocycles. The fourth-order valence-corrected chi connectivity index (χ4v) is 1.50. The van der Waals surface area contributed by atoms with Crippen molar-refractivity contribution in [2.45, 2.75) is 32.2 Å². The molecule has 0 aliphatic rings. The van der Waals surface area contributed by atoms with Gasteiger partial charge < -0.3 is 15.4 Å². The number of hydrogen-bond acceptors (Lipinski definition) is 3. The lowest BCUT2D eigenvalue weighted by Crippen LogP contribution is -2.42. The summed E-state index contributed by atoms with van der Waals surface area (Å²) in [7, 11) is 0. The molecule has 0 saturated carbocycles. The summed E-state index contributed by atoms with van der Waals surface area (Å²) in [6.07, 6.45) is 4.55. The van der Waals surface area contributed by atoms with Gasteiger partial charge in [0.25, 0.3) is 5.91 Å². The summed E-state index contributed by atoms with van der Waals surface area (Å²) in [4.78, 5) is 36.7. The van der Waals surface area contributed by atoms with Gasteiger partial charge in [0, 0.05) is 18.5 Å². The van der Waals surface area contributed by atoms with Gasteiger partial charge in [0.15, 0.2) is 5.43 Å². The molecule has 6 nitrogen and oxygen atoms in total. The van der Waals surface area contributed by atoms with Crippen molar-refractivity contribution >= 4 is 11.9 Å². The zero-order valence-electron chi connectivity index (χ0n) is 10.1. The highest BCUT2D eigenvalue weighted by Crippen LogP contribution is 2.02. The number of carboxylic acid groups (broad SMARTS) is 1. The molecule has 18 heavy (non-hydrogen) atoms. The quantitative estimate of drug-likeness (QED) is 0.695. The molecule has 1 aromatic rings. The van der Waals surface area contributed by atoms with Crippen LogP contribution in [0.1, 0.15) is 36.5 Å². The number of nitrogens with one attached hydrogen (secondary N) is 2. The van der Waals surface area contributed by atoms with Crippen LogP contribution in [0.25, 0.3) is 0 Å². The fraction of sp³-hybridized carbons (Fsp3) is 0.417. The Labute approximate surface area is 104 Å². The van der Waals surface area contributed by atoms with Crippen molar-refractivity contribution in [1.29, 1.82) is 0 Å². The largest absolute Gasteiger partial charge is 0.480 e.